The first kappa shape index (κ1) is 18.5. The molecular formula is C30H21NO. The molecule has 0 N–H and O–H groups in total. The van der Waals surface area contributed by atoms with Crippen molar-refractivity contribution in [2.75, 3.05) is 4.90 Å². The lowest BCUT2D eigenvalue weighted by Crippen LogP contribution is -2.09. The second kappa shape index (κ2) is 7.75. The molecule has 152 valence electrons. The standard InChI is InChI=1S/C30H21NO/c1-3-9-22(10-4-1)23-15-17-25(18-16-23)31(24-11-5-2-6-12-24)26-19-20-30-28(21-26)27-13-7-8-14-29(27)32-30/h1-21H. The van der Waals surface area contributed by atoms with Gasteiger partial charge in [0.2, 0.25) is 0 Å². The van der Waals surface area contributed by atoms with Gasteiger partial charge < -0.3 is 9.32 Å². The lowest BCUT2D eigenvalue weighted by molar-refractivity contribution is 0.669. The van der Waals surface area contributed by atoms with E-state index in [2.05, 4.69) is 108 Å². The minimum atomic E-state index is 0.905. The molecule has 5 aromatic carbocycles. The van der Waals surface area contributed by atoms with Crippen molar-refractivity contribution in [2.24, 2.45) is 0 Å². The molecule has 0 atom stereocenters. The molecule has 0 saturated heterocycles. The van der Waals surface area contributed by atoms with Crippen LogP contribution >= 0.6 is 0 Å². The van der Waals surface area contributed by atoms with Crippen LogP contribution in [0.5, 0.6) is 0 Å². The van der Waals surface area contributed by atoms with E-state index in [1.54, 1.807) is 0 Å². The number of fused-ring (bicyclic) bond motifs is 3. The number of benzene rings is 5. The summed E-state index contributed by atoms with van der Waals surface area (Å²) in [5.41, 5.74) is 7.58. The summed E-state index contributed by atoms with van der Waals surface area (Å²) >= 11 is 0. The maximum absolute atomic E-state index is 6.04. The van der Waals surface area contributed by atoms with E-state index in [0.29, 0.717) is 0 Å². The molecule has 32 heavy (non-hydrogen) atoms. The number of anilines is 3. The van der Waals surface area contributed by atoms with Crippen LogP contribution in [0.4, 0.5) is 17.1 Å². The Morgan fingerprint density at radius 3 is 1.75 bits per heavy atom. The molecule has 0 saturated carbocycles. The van der Waals surface area contributed by atoms with Gasteiger partial charge in [0.05, 0.1) is 0 Å². The highest BCUT2D eigenvalue weighted by Crippen LogP contribution is 2.38. The topological polar surface area (TPSA) is 16.4 Å². The second-order valence-electron chi connectivity index (χ2n) is 7.86. The summed E-state index contributed by atoms with van der Waals surface area (Å²) in [6.07, 6.45) is 0. The first-order valence-corrected chi connectivity index (χ1v) is 10.8. The van der Waals surface area contributed by atoms with Gasteiger partial charge in [-0.2, -0.15) is 0 Å². The number of hydrogen-bond acceptors (Lipinski definition) is 2. The lowest BCUT2D eigenvalue weighted by atomic mass is 10.0. The molecule has 0 aliphatic heterocycles. The smallest absolute Gasteiger partial charge is 0.135 e. The quantitative estimate of drug-likeness (QED) is 0.288. The molecular weight excluding hydrogens is 390 g/mol. The van der Waals surface area contributed by atoms with E-state index in [9.17, 15) is 0 Å². The summed E-state index contributed by atoms with van der Waals surface area (Å²) < 4.78 is 6.04. The fourth-order valence-corrected chi connectivity index (χ4v) is 4.31. The molecule has 0 fully saturated rings. The van der Waals surface area contributed by atoms with Gasteiger partial charge in [0.1, 0.15) is 11.2 Å². The van der Waals surface area contributed by atoms with E-state index in [1.165, 1.54) is 11.1 Å². The van der Waals surface area contributed by atoms with E-state index in [4.69, 9.17) is 4.42 Å². The number of rotatable bonds is 4. The Bertz CT molecular complexity index is 1500. The molecule has 0 bridgehead atoms. The summed E-state index contributed by atoms with van der Waals surface area (Å²) in [5.74, 6) is 0. The van der Waals surface area contributed by atoms with Crippen molar-refractivity contribution >= 4 is 39.0 Å². The van der Waals surface area contributed by atoms with Gasteiger partial charge in [0, 0.05) is 27.8 Å². The van der Waals surface area contributed by atoms with Gasteiger partial charge in [-0.15, -0.1) is 0 Å². The third kappa shape index (κ3) is 3.23. The number of nitrogens with zero attached hydrogens (tertiary/aromatic N) is 1. The predicted octanol–water partition coefficient (Wildman–Crippen LogP) is 8.72. The molecule has 0 radical (unpaired) electrons. The molecule has 0 amide bonds. The van der Waals surface area contributed by atoms with Gasteiger partial charge in [-0.1, -0.05) is 78.9 Å². The Morgan fingerprint density at radius 1 is 0.406 bits per heavy atom. The van der Waals surface area contributed by atoms with E-state index in [-0.39, 0.29) is 0 Å². The van der Waals surface area contributed by atoms with Gasteiger partial charge in [-0.05, 0) is 59.7 Å². The minimum absolute atomic E-state index is 0.905. The van der Waals surface area contributed by atoms with Crippen molar-refractivity contribution in [1.82, 2.24) is 0 Å². The summed E-state index contributed by atoms with van der Waals surface area (Å²) in [4.78, 5) is 2.29. The molecule has 2 nitrogen and oxygen atoms in total. The van der Waals surface area contributed by atoms with Crippen molar-refractivity contribution in [3.05, 3.63) is 127 Å². The lowest BCUT2D eigenvalue weighted by Gasteiger charge is -2.25. The first-order chi connectivity index (χ1) is 15.9. The second-order valence-corrected chi connectivity index (χ2v) is 7.86. The molecule has 0 unspecified atom stereocenters. The average molecular weight is 412 g/mol. The number of hydrogen-bond donors (Lipinski definition) is 0. The van der Waals surface area contributed by atoms with Gasteiger partial charge in [-0.3, -0.25) is 0 Å². The van der Waals surface area contributed by atoms with Crippen molar-refractivity contribution in [3.63, 3.8) is 0 Å². The van der Waals surface area contributed by atoms with Crippen molar-refractivity contribution in [1.29, 1.82) is 0 Å². The maximum Gasteiger partial charge on any atom is 0.135 e. The van der Waals surface area contributed by atoms with Crippen LogP contribution in [0.25, 0.3) is 33.1 Å². The Kier molecular flexibility index (Phi) is 4.47. The Labute approximate surface area is 187 Å². The van der Waals surface area contributed by atoms with Gasteiger partial charge in [0.25, 0.3) is 0 Å². The number of furan rings is 1. The summed E-state index contributed by atoms with van der Waals surface area (Å²) in [6, 6.07) is 44.3. The molecule has 6 rings (SSSR count). The van der Waals surface area contributed by atoms with Gasteiger partial charge >= 0.3 is 0 Å². The van der Waals surface area contributed by atoms with Crippen LogP contribution in [-0.4, -0.2) is 0 Å². The minimum Gasteiger partial charge on any atom is -0.456 e. The summed E-state index contributed by atoms with van der Waals surface area (Å²) in [5, 5.41) is 2.26. The first-order valence-electron chi connectivity index (χ1n) is 10.8. The van der Waals surface area contributed by atoms with E-state index >= 15 is 0 Å². The number of para-hydroxylation sites is 2. The van der Waals surface area contributed by atoms with Crippen LogP contribution < -0.4 is 4.90 Å². The van der Waals surface area contributed by atoms with Crippen LogP contribution in [0.2, 0.25) is 0 Å². The Balaban J connectivity index is 1.49. The van der Waals surface area contributed by atoms with Crippen molar-refractivity contribution in [3.8, 4) is 11.1 Å². The molecule has 2 heteroatoms. The predicted molar refractivity (Wildman–Crippen MR) is 134 cm³/mol. The highest BCUT2D eigenvalue weighted by molar-refractivity contribution is 6.06. The van der Waals surface area contributed by atoms with Gasteiger partial charge in [0.15, 0.2) is 0 Å². The van der Waals surface area contributed by atoms with Crippen molar-refractivity contribution < 1.29 is 4.42 Å². The zero-order valence-corrected chi connectivity index (χ0v) is 17.5. The molecule has 1 heterocycles. The highest BCUT2D eigenvalue weighted by atomic mass is 16.3. The zero-order valence-electron chi connectivity index (χ0n) is 17.5. The third-order valence-electron chi connectivity index (χ3n) is 5.87. The Hall–Kier alpha value is -4.30. The van der Waals surface area contributed by atoms with Gasteiger partial charge in [-0.25, -0.2) is 0 Å². The summed E-state index contributed by atoms with van der Waals surface area (Å²) in [7, 11) is 0. The molecule has 0 aliphatic carbocycles. The van der Waals surface area contributed by atoms with Crippen LogP contribution in [0.15, 0.2) is 132 Å². The average Bonchev–Trinajstić information content (AvgIpc) is 3.24. The van der Waals surface area contributed by atoms with Crippen molar-refractivity contribution in [2.45, 2.75) is 0 Å². The fourth-order valence-electron chi connectivity index (χ4n) is 4.31. The van der Waals surface area contributed by atoms with E-state index in [1.807, 2.05) is 24.3 Å². The fraction of sp³-hybridized carbons (Fsp3) is 0. The maximum atomic E-state index is 6.04. The van der Waals surface area contributed by atoms with Crippen LogP contribution in [0.3, 0.4) is 0 Å². The van der Waals surface area contributed by atoms with E-state index < -0.39 is 0 Å². The molecule has 0 aliphatic rings. The molecule has 0 spiro atoms. The normalized spacial score (nSPS) is 11.1. The summed E-state index contributed by atoms with van der Waals surface area (Å²) in [6.45, 7) is 0. The third-order valence-corrected chi connectivity index (χ3v) is 5.87. The monoisotopic (exact) mass is 411 g/mol. The van der Waals surface area contributed by atoms with E-state index in [0.717, 1.165) is 39.0 Å². The molecule has 6 aromatic rings. The SMILES string of the molecule is c1ccc(-c2ccc(N(c3ccccc3)c3ccc4oc5ccccc5c4c3)cc2)cc1. The highest BCUT2D eigenvalue weighted by Gasteiger charge is 2.15. The largest absolute Gasteiger partial charge is 0.456 e. The Morgan fingerprint density at radius 2 is 0.969 bits per heavy atom. The zero-order chi connectivity index (χ0) is 21.3. The van der Waals surface area contributed by atoms with Crippen LogP contribution in [-0.2, 0) is 0 Å². The van der Waals surface area contributed by atoms with Crippen LogP contribution in [0, 0.1) is 0 Å². The molecule has 1 aromatic heterocycles. The van der Waals surface area contributed by atoms with Crippen LogP contribution in [0.1, 0.15) is 0 Å².